The maximum absolute atomic E-state index is 12.5. The molecule has 0 aliphatic carbocycles. The van der Waals surface area contributed by atoms with Gasteiger partial charge in [-0.15, -0.1) is 0 Å². The minimum absolute atomic E-state index is 0.220. The molecule has 0 bridgehead atoms. The Morgan fingerprint density at radius 1 is 1.50 bits per heavy atom. The molecule has 10 heteroatoms. The molecule has 2 rings (SSSR count). The summed E-state index contributed by atoms with van der Waals surface area (Å²) in [6.07, 6.45) is 1.68. The second-order valence-electron chi connectivity index (χ2n) is 7.37. The van der Waals surface area contributed by atoms with Gasteiger partial charge in [0.1, 0.15) is 12.9 Å². The Balaban J connectivity index is 1.97. The van der Waals surface area contributed by atoms with Crippen molar-refractivity contribution in [1.29, 1.82) is 0 Å². The lowest BCUT2D eigenvalue weighted by Gasteiger charge is -2.50. The second-order valence-corrected chi connectivity index (χ2v) is 10.7. The predicted molar refractivity (Wildman–Crippen MR) is 122 cm³/mol. The number of rotatable bonds is 10. The van der Waals surface area contributed by atoms with Crippen LogP contribution in [0.25, 0.3) is 0 Å². The molecule has 2 aliphatic heterocycles. The van der Waals surface area contributed by atoms with Gasteiger partial charge in [0.2, 0.25) is 12.2 Å². The van der Waals surface area contributed by atoms with E-state index in [2.05, 4.69) is 17.5 Å². The van der Waals surface area contributed by atoms with Crippen molar-refractivity contribution in [2.24, 2.45) is 5.41 Å². The minimum atomic E-state index is -1.15. The van der Waals surface area contributed by atoms with E-state index in [4.69, 9.17) is 23.1 Å². The number of hydrogen-bond acceptors (Lipinski definition) is 9. The Morgan fingerprint density at radius 2 is 2.29 bits per heavy atom. The molecule has 2 fully saturated rings. The molecule has 2 saturated heterocycles. The van der Waals surface area contributed by atoms with Gasteiger partial charge in [0.25, 0.3) is 0 Å². The SMILES string of the molecule is [3H]C(=S)OC1OC(CO)C(C)(CC=S)C(O)C1NC(=O)CCCCC1CCSS1. The van der Waals surface area contributed by atoms with Crippen LogP contribution in [0.1, 0.15) is 46.8 Å². The lowest BCUT2D eigenvalue weighted by atomic mass is 9.71. The maximum atomic E-state index is 12.5. The lowest BCUT2D eigenvalue weighted by Crippen LogP contribution is -2.66. The number of unbranched alkanes of at least 4 members (excludes halogenated alkanes) is 1. The van der Waals surface area contributed by atoms with Gasteiger partial charge in [-0.25, -0.2) is 0 Å². The fraction of sp³-hybridized carbons (Fsp3) is 0.833. The maximum Gasteiger partial charge on any atom is 0.223 e. The molecule has 28 heavy (non-hydrogen) atoms. The van der Waals surface area contributed by atoms with Gasteiger partial charge >= 0.3 is 0 Å². The average molecular weight is 470 g/mol. The van der Waals surface area contributed by atoms with E-state index in [1.54, 1.807) is 6.92 Å². The van der Waals surface area contributed by atoms with Crippen molar-refractivity contribution in [3.05, 3.63) is 0 Å². The molecule has 6 unspecified atom stereocenters. The zero-order valence-electron chi connectivity index (χ0n) is 16.9. The van der Waals surface area contributed by atoms with Crippen LogP contribution in [0, 0.1) is 5.41 Å². The average Bonchev–Trinajstić information content (AvgIpc) is 3.18. The number of carbonyl (C=O) groups is 1. The van der Waals surface area contributed by atoms with Crippen LogP contribution in [0.3, 0.4) is 0 Å². The number of ether oxygens (including phenoxy) is 2. The zero-order chi connectivity index (χ0) is 21.4. The van der Waals surface area contributed by atoms with Gasteiger partial charge in [0.05, 0.1) is 18.8 Å². The largest absolute Gasteiger partial charge is 0.459 e. The second kappa shape index (κ2) is 12.0. The van der Waals surface area contributed by atoms with Crippen LogP contribution in [0.2, 0.25) is 0 Å². The van der Waals surface area contributed by atoms with E-state index in [0.29, 0.717) is 18.1 Å². The van der Waals surface area contributed by atoms with E-state index >= 15 is 0 Å². The van der Waals surface area contributed by atoms with Gasteiger partial charge in [-0.3, -0.25) is 4.79 Å². The molecule has 6 nitrogen and oxygen atoms in total. The number of hydrogen-bond donors (Lipinski definition) is 3. The summed E-state index contributed by atoms with van der Waals surface area (Å²) < 4.78 is 18.4. The quantitative estimate of drug-likeness (QED) is 0.254. The van der Waals surface area contributed by atoms with Crippen LogP contribution in [-0.4, -0.2) is 69.2 Å². The highest BCUT2D eigenvalue weighted by atomic mass is 33.1. The van der Waals surface area contributed by atoms with Gasteiger partial charge < -0.3 is 25.0 Å². The molecular formula is C18H29NO5S4. The summed E-state index contributed by atoms with van der Waals surface area (Å²) in [6.45, 7) is 1.38. The van der Waals surface area contributed by atoms with Gasteiger partial charge in [-0.1, -0.05) is 47.2 Å². The molecule has 2 heterocycles. The first-order chi connectivity index (χ1) is 13.8. The molecule has 0 aromatic heterocycles. The fourth-order valence-electron chi connectivity index (χ4n) is 3.61. The van der Waals surface area contributed by atoms with Crippen molar-refractivity contribution in [3.63, 3.8) is 0 Å². The smallest absolute Gasteiger partial charge is 0.223 e. The lowest BCUT2D eigenvalue weighted by molar-refractivity contribution is -0.256. The van der Waals surface area contributed by atoms with Gasteiger partial charge in [0.15, 0.2) is 0 Å². The standard InChI is InChI=1S/C18H29NO5S4/c1-18(7-8-25)13(10-20)24-17(23-11-26)15(16(18)22)19-14(21)5-3-2-4-12-6-9-27-28-12/h8,11-13,15-17,20,22H,2-7,9-10H2,1H3,(H,19,21)/i11T. The Labute approximate surface area is 186 Å². The van der Waals surface area contributed by atoms with Gasteiger partial charge in [-0.05, 0) is 43.3 Å². The van der Waals surface area contributed by atoms with Crippen molar-refractivity contribution >= 4 is 62.8 Å². The Bertz CT molecular complexity index is 580. The molecule has 0 radical (unpaired) electrons. The summed E-state index contributed by atoms with van der Waals surface area (Å²) in [5.41, 5.74) is -1.42. The number of amides is 1. The number of carbonyl (C=O) groups excluding carboxylic acids is 1. The van der Waals surface area contributed by atoms with Crippen LogP contribution < -0.4 is 5.32 Å². The topological polar surface area (TPSA) is 88.0 Å². The summed E-state index contributed by atoms with van der Waals surface area (Å²) in [4.78, 5) is 12.5. The van der Waals surface area contributed by atoms with Crippen molar-refractivity contribution in [1.82, 2.24) is 5.32 Å². The number of thiocarbonyl (C=S) groups is 2. The molecule has 2 aliphatic rings. The van der Waals surface area contributed by atoms with E-state index in [-0.39, 0.29) is 12.5 Å². The Hall–Kier alpha value is 0.0300. The van der Waals surface area contributed by atoms with Crippen LogP contribution in [0.5, 0.6) is 0 Å². The molecule has 0 spiro atoms. The highest BCUT2D eigenvalue weighted by molar-refractivity contribution is 8.77. The highest BCUT2D eigenvalue weighted by Gasteiger charge is 2.53. The summed E-state index contributed by atoms with van der Waals surface area (Å²) in [5.74, 6) is 0.979. The van der Waals surface area contributed by atoms with Gasteiger partial charge in [-0.2, -0.15) is 0 Å². The van der Waals surface area contributed by atoms with Crippen molar-refractivity contribution in [2.75, 3.05) is 12.4 Å². The van der Waals surface area contributed by atoms with Crippen LogP contribution in [0.4, 0.5) is 0 Å². The number of nitrogens with one attached hydrogen (secondary N) is 1. The van der Waals surface area contributed by atoms with E-state index in [9.17, 15) is 15.0 Å². The first-order valence-corrected chi connectivity index (χ1v) is 12.7. The zero-order valence-corrected chi connectivity index (χ0v) is 19.1. The molecule has 0 aromatic carbocycles. The third-order valence-electron chi connectivity index (χ3n) is 5.43. The molecule has 0 aromatic rings. The third kappa shape index (κ3) is 6.26. The monoisotopic (exact) mass is 469 g/mol. The molecular weight excluding hydrogens is 438 g/mol. The van der Waals surface area contributed by atoms with Crippen molar-refractivity contribution in [2.45, 2.75) is 75.2 Å². The summed E-state index contributed by atoms with van der Waals surface area (Å²) in [5, 5.41) is 25.7. The summed E-state index contributed by atoms with van der Waals surface area (Å²) in [7, 11) is 3.84. The van der Waals surface area contributed by atoms with Crippen LogP contribution in [0.15, 0.2) is 0 Å². The number of aliphatic hydroxyl groups is 2. The summed E-state index contributed by atoms with van der Waals surface area (Å²) in [6, 6.07) is -0.921. The molecule has 3 N–H and O–H groups in total. The Kier molecular flexibility index (Phi) is 9.75. The van der Waals surface area contributed by atoms with Crippen molar-refractivity contribution in [3.8, 4) is 0 Å². The van der Waals surface area contributed by atoms with E-state index in [1.807, 2.05) is 21.6 Å². The van der Waals surface area contributed by atoms with Gasteiger partial charge in [0, 0.05) is 22.8 Å². The van der Waals surface area contributed by atoms with E-state index in [1.165, 1.54) is 17.5 Å². The van der Waals surface area contributed by atoms with E-state index < -0.39 is 35.5 Å². The molecule has 0 saturated carbocycles. The summed E-state index contributed by atoms with van der Waals surface area (Å²) >= 11 is 9.64. The normalized spacial score (nSPS) is 35.8. The number of aliphatic hydroxyl groups excluding tert-OH is 2. The predicted octanol–water partition coefficient (Wildman–Crippen LogP) is 2.63. The molecule has 1 amide bonds. The third-order valence-corrected chi connectivity index (χ3v) is 8.70. The fourth-order valence-corrected chi connectivity index (χ4v) is 7.09. The first kappa shape index (κ1) is 22.7. The highest BCUT2D eigenvalue weighted by Crippen LogP contribution is 2.40. The minimum Gasteiger partial charge on any atom is -0.459 e. The molecule has 6 atom stereocenters. The van der Waals surface area contributed by atoms with E-state index in [0.717, 1.165) is 19.3 Å². The first-order valence-electron chi connectivity index (χ1n) is 9.94. The Morgan fingerprint density at radius 3 is 2.89 bits per heavy atom. The van der Waals surface area contributed by atoms with Crippen LogP contribution >= 0.6 is 46.0 Å². The van der Waals surface area contributed by atoms with Crippen LogP contribution in [-0.2, 0) is 14.3 Å². The van der Waals surface area contributed by atoms with Crippen molar-refractivity contribution < 1.29 is 25.9 Å². The molecule has 160 valence electrons.